The number of nitrogens with zero attached hydrogens (tertiary/aromatic N) is 3. The van der Waals surface area contributed by atoms with Crippen LogP contribution in [0.1, 0.15) is 5.56 Å². The van der Waals surface area contributed by atoms with E-state index in [1.807, 2.05) is 6.07 Å². The maximum Gasteiger partial charge on any atom is 0.261 e. The van der Waals surface area contributed by atoms with Crippen molar-refractivity contribution in [3.63, 3.8) is 0 Å². The van der Waals surface area contributed by atoms with E-state index in [0.717, 1.165) is 0 Å². The number of ether oxygens (including phenoxy) is 1. The van der Waals surface area contributed by atoms with Crippen molar-refractivity contribution in [1.29, 1.82) is 5.26 Å². The molecular formula is C19H11ClN4O3S. The van der Waals surface area contributed by atoms with E-state index in [1.54, 1.807) is 0 Å². The Balaban J connectivity index is 1.89. The maximum absolute atomic E-state index is 12.5. The molecule has 2 aromatic carbocycles. The van der Waals surface area contributed by atoms with Gasteiger partial charge < -0.3 is 4.74 Å². The van der Waals surface area contributed by atoms with E-state index < -0.39 is 10.0 Å². The minimum absolute atomic E-state index is 0.0305. The summed E-state index contributed by atoms with van der Waals surface area (Å²) in [5.41, 5.74) is 0.657. The number of aromatic nitrogens is 1. The molecule has 9 heteroatoms. The maximum atomic E-state index is 12.5. The minimum atomic E-state index is -3.89. The summed E-state index contributed by atoms with van der Waals surface area (Å²) in [4.78, 5) is 6.99. The first-order valence-electron chi connectivity index (χ1n) is 7.75. The van der Waals surface area contributed by atoms with Crippen LogP contribution in [0.25, 0.3) is 4.85 Å². The highest BCUT2D eigenvalue weighted by Gasteiger charge is 2.17. The zero-order valence-electron chi connectivity index (χ0n) is 14.1. The molecule has 28 heavy (non-hydrogen) atoms. The molecule has 0 aliphatic heterocycles. The molecule has 0 amide bonds. The number of anilines is 1. The molecule has 0 saturated carbocycles. The van der Waals surface area contributed by atoms with Crippen LogP contribution in [0.2, 0.25) is 5.02 Å². The van der Waals surface area contributed by atoms with Crippen LogP contribution in [-0.2, 0) is 10.0 Å². The van der Waals surface area contributed by atoms with Crippen LogP contribution in [-0.4, -0.2) is 13.4 Å². The number of nitrogens with one attached hydrogen (secondary N) is 1. The highest BCUT2D eigenvalue weighted by Crippen LogP contribution is 2.33. The third-order valence-electron chi connectivity index (χ3n) is 3.58. The third kappa shape index (κ3) is 4.21. The number of sulfonamides is 1. The summed E-state index contributed by atoms with van der Waals surface area (Å²) >= 11 is 5.98. The lowest BCUT2D eigenvalue weighted by molar-refractivity contribution is 0.480. The topological polar surface area (TPSA) is 96.4 Å². The molecule has 0 spiro atoms. The van der Waals surface area contributed by atoms with Crippen LogP contribution in [0.5, 0.6) is 11.5 Å². The van der Waals surface area contributed by atoms with Crippen LogP contribution in [0, 0.1) is 17.9 Å². The van der Waals surface area contributed by atoms with E-state index in [2.05, 4.69) is 14.6 Å². The number of rotatable bonds is 5. The van der Waals surface area contributed by atoms with Gasteiger partial charge in [-0.1, -0.05) is 17.7 Å². The lowest BCUT2D eigenvalue weighted by atomic mass is 10.2. The SMILES string of the molecule is [C-]#[N+]c1ccc(Oc2ccc(S(=O)(=O)Nc3ccncc3)cc2C#N)cc1Cl. The Morgan fingerprint density at radius 3 is 2.54 bits per heavy atom. The van der Waals surface area contributed by atoms with Gasteiger partial charge in [-0.05, 0) is 42.5 Å². The molecule has 3 aromatic rings. The monoisotopic (exact) mass is 410 g/mol. The summed E-state index contributed by atoms with van der Waals surface area (Å²) in [6.45, 7) is 6.99. The number of nitriles is 1. The molecule has 138 valence electrons. The summed E-state index contributed by atoms with van der Waals surface area (Å²) in [5, 5.41) is 9.61. The van der Waals surface area contributed by atoms with Gasteiger partial charge >= 0.3 is 0 Å². The Morgan fingerprint density at radius 2 is 1.89 bits per heavy atom. The van der Waals surface area contributed by atoms with E-state index in [0.29, 0.717) is 11.4 Å². The van der Waals surface area contributed by atoms with Gasteiger partial charge in [0.2, 0.25) is 5.69 Å². The fourth-order valence-corrected chi connectivity index (χ4v) is 3.55. The van der Waals surface area contributed by atoms with Gasteiger partial charge in [-0.3, -0.25) is 9.71 Å². The molecule has 0 aliphatic rings. The van der Waals surface area contributed by atoms with Crippen LogP contribution >= 0.6 is 11.6 Å². The smallest absolute Gasteiger partial charge is 0.261 e. The van der Waals surface area contributed by atoms with E-state index in [1.165, 1.54) is 60.9 Å². The molecule has 1 N–H and O–H groups in total. The Morgan fingerprint density at radius 1 is 1.14 bits per heavy atom. The second-order valence-electron chi connectivity index (χ2n) is 5.44. The molecule has 0 fully saturated rings. The fourth-order valence-electron chi connectivity index (χ4n) is 2.26. The van der Waals surface area contributed by atoms with Crippen LogP contribution in [0.4, 0.5) is 11.4 Å². The second-order valence-corrected chi connectivity index (χ2v) is 7.53. The first-order chi connectivity index (χ1) is 13.4. The molecule has 3 rings (SSSR count). The average Bonchev–Trinajstić information content (AvgIpc) is 2.69. The van der Waals surface area contributed by atoms with Crippen molar-refractivity contribution < 1.29 is 13.2 Å². The second kappa shape index (κ2) is 7.97. The normalized spacial score (nSPS) is 10.5. The summed E-state index contributed by atoms with van der Waals surface area (Å²) in [7, 11) is -3.89. The van der Waals surface area contributed by atoms with Crippen molar-refractivity contribution in [3.8, 4) is 17.6 Å². The number of hydrogen-bond donors (Lipinski definition) is 1. The number of hydrogen-bond acceptors (Lipinski definition) is 5. The summed E-state index contributed by atoms with van der Waals surface area (Å²) in [5.74, 6) is 0.483. The number of benzene rings is 2. The standard InChI is InChI=1S/C19H11ClN4O3S/c1-22-18-4-2-15(11-17(18)20)27-19-5-3-16(10-13(19)12-21)28(25,26)24-14-6-8-23-9-7-14/h2-11H,(H,23,24). The van der Waals surface area contributed by atoms with Gasteiger partial charge in [0.05, 0.1) is 27.7 Å². The molecule has 0 saturated heterocycles. The quantitative estimate of drug-likeness (QED) is 0.612. The molecule has 0 atom stereocenters. The Labute approximate surface area is 166 Å². The van der Waals surface area contributed by atoms with Crippen molar-refractivity contribution >= 4 is 33.0 Å². The molecule has 0 unspecified atom stereocenters. The summed E-state index contributed by atoms with van der Waals surface area (Å²) < 4.78 is 33.1. The van der Waals surface area contributed by atoms with Gasteiger partial charge in [0, 0.05) is 12.4 Å². The molecule has 7 nitrogen and oxygen atoms in total. The Kier molecular flexibility index (Phi) is 5.46. The van der Waals surface area contributed by atoms with Crippen LogP contribution < -0.4 is 9.46 Å². The lowest BCUT2D eigenvalue weighted by Gasteiger charge is -2.11. The van der Waals surface area contributed by atoms with E-state index in [-0.39, 0.29) is 26.9 Å². The fraction of sp³-hybridized carbons (Fsp3) is 0. The molecule has 1 heterocycles. The first kappa shape index (κ1) is 19.2. The summed E-state index contributed by atoms with van der Waals surface area (Å²) in [6.07, 6.45) is 2.92. The van der Waals surface area contributed by atoms with Crippen LogP contribution in [0.15, 0.2) is 65.8 Å². The number of pyridine rings is 1. The van der Waals surface area contributed by atoms with Gasteiger partial charge in [-0.25, -0.2) is 13.3 Å². The zero-order chi connectivity index (χ0) is 20.1. The van der Waals surface area contributed by atoms with E-state index in [9.17, 15) is 13.7 Å². The summed E-state index contributed by atoms with van der Waals surface area (Å²) in [6, 6.07) is 13.4. The van der Waals surface area contributed by atoms with Crippen LogP contribution in [0.3, 0.4) is 0 Å². The van der Waals surface area contributed by atoms with Crippen molar-refractivity contribution in [1.82, 2.24) is 4.98 Å². The number of halogens is 1. The predicted octanol–water partition coefficient (Wildman–Crippen LogP) is 4.75. The highest BCUT2D eigenvalue weighted by molar-refractivity contribution is 7.92. The lowest BCUT2D eigenvalue weighted by Crippen LogP contribution is -2.13. The van der Waals surface area contributed by atoms with Crippen molar-refractivity contribution in [2.45, 2.75) is 4.90 Å². The van der Waals surface area contributed by atoms with Crippen molar-refractivity contribution in [2.75, 3.05) is 4.72 Å². The minimum Gasteiger partial charge on any atom is -0.456 e. The Bertz CT molecular complexity index is 1220. The molecule has 0 bridgehead atoms. The van der Waals surface area contributed by atoms with E-state index in [4.69, 9.17) is 22.9 Å². The molecular weight excluding hydrogens is 400 g/mol. The largest absolute Gasteiger partial charge is 0.456 e. The van der Waals surface area contributed by atoms with Gasteiger partial charge in [-0.2, -0.15) is 5.26 Å². The average molecular weight is 411 g/mol. The van der Waals surface area contributed by atoms with Gasteiger partial charge in [0.1, 0.15) is 17.6 Å². The highest BCUT2D eigenvalue weighted by atomic mass is 35.5. The van der Waals surface area contributed by atoms with E-state index >= 15 is 0 Å². The van der Waals surface area contributed by atoms with Gasteiger partial charge in [-0.15, -0.1) is 0 Å². The molecule has 0 aliphatic carbocycles. The zero-order valence-corrected chi connectivity index (χ0v) is 15.7. The Hall–Kier alpha value is -3.59. The third-order valence-corrected chi connectivity index (χ3v) is 5.26. The first-order valence-corrected chi connectivity index (χ1v) is 9.61. The van der Waals surface area contributed by atoms with Crippen molar-refractivity contribution in [2.24, 2.45) is 0 Å². The predicted molar refractivity (Wildman–Crippen MR) is 104 cm³/mol. The molecule has 0 radical (unpaired) electrons. The van der Waals surface area contributed by atoms with Gasteiger partial charge in [0.25, 0.3) is 10.0 Å². The molecule has 1 aromatic heterocycles. The van der Waals surface area contributed by atoms with Crippen molar-refractivity contribution in [3.05, 3.63) is 82.9 Å². The van der Waals surface area contributed by atoms with Gasteiger partial charge in [0.15, 0.2) is 0 Å².